The van der Waals surface area contributed by atoms with Crippen LogP contribution in [0.3, 0.4) is 0 Å². The van der Waals surface area contributed by atoms with E-state index >= 15 is 0 Å². The standard InChI is InChI=1S/C20H22N2O4/c1-14-11-16(12-21)7-8-17(14)19(24)18(23)9-10-22-20(25)26-13-15-5-3-2-4-6-15/h2-8,11,18-19,23-24H,9-10,13H2,1H3,(H,22,25). The van der Waals surface area contributed by atoms with Gasteiger partial charge >= 0.3 is 6.09 Å². The first-order valence-electron chi connectivity index (χ1n) is 8.32. The maximum Gasteiger partial charge on any atom is 0.407 e. The largest absolute Gasteiger partial charge is 0.445 e. The molecule has 2 rings (SSSR count). The number of hydrogen-bond acceptors (Lipinski definition) is 5. The lowest BCUT2D eigenvalue weighted by molar-refractivity contribution is 0.0133. The molecule has 0 spiro atoms. The maximum absolute atomic E-state index is 11.7. The number of aliphatic hydroxyl groups is 2. The summed E-state index contributed by atoms with van der Waals surface area (Å²) in [5.41, 5.74) is 2.67. The number of nitrogens with zero attached hydrogens (tertiary/aromatic N) is 1. The summed E-state index contributed by atoms with van der Waals surface area (Å²) in [7, 11) is 0. The third-order valence-electron chi connectivity index (χ3n) is 4.00. The number of amides is 1. The maximum atomic E-state index is 11.7. The fourth-order valence-corrected chi connectivity index (χ4v) is 2.54. The Hall–Kier alpha value is -2.88. The van der Waals surface area contributed by atoms with E-state index in [1.54, 1.807) is 25.1 Å². The highest BCUT2D eigenvalue weighted by molar-refractivity contribution is 5.67. The van der Waals surface area contributed by atoms with Gasteiger partial charge in [-0.2, -0.15) is 5.26 Å². The van der Waals surface area contributed by atoms with Gasteiger partial charge in [-0.3, -0.25) is 0 Å². The summed E-state index contributed by atoms with van der Waals surface area (Å²) in [6.07, 6.45) is -2.55. The Kier molecular flexibility index (Phi) is 7.15. The first kappa shape index (κ1) is 19.4. The first-order chi connectivity index (χ1) is 12.5. The highest BCUT2D eigenvalue weighted by Gasteiger charge is 2.20. The number of carbonyl (C=O) groups is 1. The molecule has 0 heterocycles. The lowest BCUT2D eigenvalue weighted by Crippen LogP contribution is -2.30. The Morgan fingerprint density at radius 2 is 1.96 bits per heavy atom. The number of alkyl carbamates (subject to hydrolysis) is 1. The van der Waals surface area contributed by atoms with E-state index in [0.29, 0.717) is 11.1 Å². The Morgan fingerprint density at radius 3 is 2.62 bits per heavy atom. The molecule has 0 aliphatic carbocycles. The van der Waals surface area contributed by atoms with Gasteiger partial charge in [0.1, 0.15) is 12.7 Å². The van der Waals surface area contributed by atoms with Crippen molar-refractivity contribution in [2.75, 3.05) is 6.54 Å². The van der Waals surface area contributed by atoms with Gasteiger partial charge in [0, 0.05) is 6.54 Å². The molecule has 2 aromatic carbocycles. The van der Waals surface area contributed by atoms with Crippen LogP contribution in [0.2, 0.25) is 0 Å². The van der Waals surface area contributed by atoms with E-state index in [1.807, 2.05) is 36.4 Å². The monoisotopic (exact) mass is 354 g/mol. The topological polar surface area (TPSA) is 103 Å². The predicted octanol–water partition coefficient (Wildman–Crippen LogP) is 2.58. The molecule has 3 N–H and O–H groups in total. The van der Waals surface area contributed by atoms with Crippen LogP contribution in [0, 0.1) is 18.3 Å². The second kappa shape index (κ2) is 9.56. The number of hydrogen-bond donors (Lipinski definition) is 3. The minimum atomic E-state index is -1.09. The number of nitrogens with one attached hydrogen (secondary N) is 1. The molecule has 6 nitrogen and oxygen atoms in total. The van der Waals surface area contributed by atoms with E-state index in [1.165, 1.54) is 0 Å². The lowest BCUT2D eigenvalue weighted by Gasteiger charge is -2.20. The number of carbonyl (C=O) groups excluding carboxylic acids is 1. The van der Waals surface area contributed by atoms with Gasteiger partial charge in [0.25, 0.3) is 0 Å². The van der Waals surface area contributed by atoms with E-state index in [-0.39, 0.29) is 19.6 Å². The molecule has 0 aliphatic heterocycles. The minimum absolute atomic E-state index is 0.168. The minimum Gasteiger partial charge on any atom is -0.445 e. The third-order valence-corrected chi connectivity index (χ3v) is 4.00. The van der Waals surface area contributed by atoms with Crippen LogP contribution in [0.15, 0.2) is 48.5 Å². The van der Waals surface area contributed by atoms with Crippen molar-refractivity contribution in [1.29, 1.82) is 5.26 Å². The molecule has 6 heteroatoms. The van der Waals surface area contributed by atoms with Crippen LogP contribution < -0.4 is 5.32 Å². The van der Waals surface area contributed by atoms with E-state index in [0.717, 1.165) is 11.1 Å². The molecular weight excluding hydrogens is 332 g/mol. The zero-order valence-electron chi connectivity index (χ0n) is 14.6. The van der Waals surface area contributed by atoms with Gasteiger partial charge in [-0.05, 0) is 42.2 Å². The fourth-order valence-electron chi connectivity index (χ4n) is 2.54. The number of aliphatic hydroxyl groups excluding tert-OH is 2. The van der Waals surface area contributed by atoms with Crippen LogP contribution >= 0.6 is 0 Å². The van der Waals surface area contributed by atoms with Gasteiger partial charge < -0.3 is 20.3 Å². The summed E-state index contributed by atoms with van der Waals surface area (Å²) in [4.78, 5) is 11.7. The van der Waals surface area contributed by atoms with Crippen molar-refractivity contribution in [3.63, 3.8) is 0 Å². The smallest absolute Gasteiger partial charge is 0.407 e. The van der Waals surface area contributed by atoms with Crippen molar-refractivity contribution in [2.45, 2.75) is 32.2 Å². The fraction of sp³-hybridized carbons (Fsp3) is 0.300. The summed E-state index contributed by atoms with van der Waals surface area (Å²) < 4.78 is 5.07. The number of benzene rings is 2. The molecule has 2 atom stereocenters. The molecule has 0 bridgehead atoms. The van der Waals surface area contributed by atoms with Gasteiger partial charge in [-0.1, -0.05) is 36.4 Å². The molecule has 0 aliphatic rings. The summed E-state index contributed by atoms with van der Waals surface area (Å²) in [5, 5.41) is 31.8. The molecule has 0 saturated carbocycles. The van der Waals surface area contributed by atoms with Gasteiger partial charge in [-0.15, -0.1) is 0 Å². The van der Waals surface area contributed by atoms with E-state index in [4.69, 9.17) is 10.00 Å². The number of rotatable bonds is 7. The summed E-state index contributed by atoms with van der Waals surface area (Å²) in [6, 6.07) is 16.2. The van der Waals surface area contributed by atoms with Gasteiger partial charge in [0.05, 0.1) is 17.7 Å². The molecule has 0 saturated heterocycles. The van der Waals surface area contributed by atoms with Crippen molar-refractivity contribution in [3.8, 4) is 6.07 Å². The lowest BCUT2D eigenvalue weighted by atomic mass is 9.96. The normalized spacial score (nSPS) is 12.7. The summed E-state index contributed by atoms with van der Waals surface area (Å²) in [5.74, 6) is 0. The van der Waals surface area contributed by atoms with Gasteiger partial charge in [0.2, 0.25) is 0 Å². The molecule has 2 unspecified atom stereocenters. The average Bonchev–Trinajstić information content (AvgIpc) is 2.66. The number of ether oxygens (including phenoxy) is 1. The molecule has 0 fully saturated rings. The zero-order valence-corrected chi connectivity index (χ0v) is 14.6. The molecular formula is C20H22N2O4. The summed E-state index contributed by atoms with van der Waals surface area (Å²) >= 11 is 0. The number of aryl methyl sites for hydroxylation is 1. The van der Waals surface area contributed by atoms with Crippen molar-refractivity contribution in [1.82, 2.24) is 5.32 Å². The van der Waals surface area contributed by atoms with Crippen molar-refractivity contribution < 1.29 is 19.7 Å². The Balaban J connectivity index is 1.76. The van der Waals surface area contributed by atoms with Gasteiger partial charge in [0.15, 0.2) is 0 Å². The Bertz CT molecular complexity index is 771. The van der Waals surface area contributed by atoms with Crippen molar-refractivity contribution in [2.24, 2.45) is 0 Å². The van der Waals surface area contributed by atoms with E-state index in [2.05, 4.69) is 5.32 Å². The van der Waals surface area contributed by atoms with Crippen LogP contribution in [-0.2, 0) is 11.3 Å². The molecule has 0 radical (unpaired) electrons. The third kappa shape index (κ3) is 5.59. The summed E-state index contributed by atoms with van der Waals surface area (Å²) in [6.45, 7) is 2.11. The average molecular weight is 354 g/mol. The second-order valence-electron chi connectivity index (χ2n) is 5.97. The van der Waals surface area contributed by atoms with Crippen LogP contribution in [0.1, 0.15) is 34.8 Å². The quantitative estimate of drug-likeness (QED) is 0.709. The second-order valence-corrected chi connectivity index (χ2v) is 5.97. The van der Waals surface area contributed by atoms with Crippen LogP contribution in [0.5, 0.6) is 0 Å². The van der Waals surface area contributed by atoms with Crippen LogP contribution in [0.4, 0.5) is 4.79 Å². The highest BCUT2D eigenvalue weighted by atomic mass is 16.5. The van der Waals surface area contributed by atoms with Crippen LogP contribution in [-0.4, -0.2) is 29.0 Å². The number of nitriles is 1. The molecule has 0 aromatic heterocycles. The van der Waals surface area contributed by atoms with E-state index in [9.17, 15) is 15.0 Å². The molecule has 2 aromatic rings. The SMILES string of the molecule is Cc1cc(C#N)ccc1C(O)C(O)CCNC(=O)OCc1ccccc1. The highest BCUT2D eigenvalue weighted by Crippen LogP contribution is 2.23. The van der Waals surface area contributed by atoms with Crippen LogP contribution in [0.25, 0.3) is 0 Å². The van der Waals surface area contributed by atoms with E-state index < -0.39 is 18.3 Å². The van der Waals surface area contributed by atoms with Gasteiger partial charge in [-0.25, -0.2) is 4.79 Å². The molecule has 26 heavy (non-hydrogen) atoms. The van der Waals surface area contributed by atoms with Crippen molar-refractivity contribution in [3.05, 3.63) is 70.8 Å². The molecule has 136 valence electrons. The zero-order chi connectivity index (χ0) is 18.9. The molecule has 1 amide bonds. The predicted molar refractivity (Wildman–Crippen MR) is 96.1 cm³/mol. The Morgan fingerprint density at radius 1 is 1.23 bits per heavy atom. The first-order valence-corrected chi connectivity index (χ1v) is 8.32. The van der Waals surface area contributed by atoms with Crippen molar-refractivity contribution >= 4 is 6.09 Å². The Labute approximate surface area is 152 Å².